The Kier molecular flexibility index (Phi) is 12.6. The van der Waals surface area contributed by atoms with E-state index in [0.717, 1.165) is 29.5 Å². The van der Waals surface area contributed by atoms with Crippen molar-refractivity contribution < 1.29 is 38.3 Å². The summed E-state index contributed by atoms with van der Waals surface area (Å²) < 4.78 is 38.0. The Labute approximate surface area is 266 Å². The van der Waals surface area contributed by atoms with Crippen LogP contribution < -0.4 is 0 Å². The Morgan fingerprint density at radius 2 is 1.24 bits per heavy atom. The van der Waals surface area contributed by atoms with Gasteiger partial charge in [0.15, 0.2) is 6.29 Å². The monoisotopic (exact) mass is 618 g/mol. The molecule has 1 heterocycles. The maximum Gasteiger partial charge on any atom is 0.305 e. The van der Waals surface area contributed by atoms with E-state index in [0.29, 0.717) is 32.7 Å². The molecule has 45 heavy (non-hydrogen) atoms. The molecule has 3 aromatic carbocycles. The lowest BCUT2D eigenvalue weighted by atomic mass is 9.81. The Balaban J connectivity index is 1.41. The number of benzene rings is 3. The second-order valence-corrected chi connectivity index (χ2v) is 12.0. The number of hydrogen-bond donors (Lipinski definition) is 1. The zero-order valence-electron chi connectivity index (χ0n) is 26.2. The zero-order valence-corrected chi connectivity index (χ0v) is 26.2. The van der Waals surface area contributed by atoms with Gasteiger partial charge in [-0.25, -0.2) is 0 Å². The van der Waals surface area contributed by atoms with Crippen molar-refractivity contribution in [3.05, 3.63) is 108 Å². The predicted octanol–water partition coefficient (Wildman–Crippen LogP) is 5.99. The molecule has 8 heteroatoms. The quantitative estimate of drug-likeness (QED) is 0.221. The molecule has 3 aromatic rings. The summed E-state index contributed by atoms with van der Waals surface area (Å²) in [6.07, 6.45) is -0.967. The third-order valence-corrected chi connectivity index (χ3v) is 8.74. The normalized spacial score (nSPS) is 28.4. The molecule has 0 radical (unpaired) electrons. The number of ether oxygens (including phenoxy) is 6. The second-order valence-electron chi connectivity index (χ2n) is 12.0. The lowest BCUT2D eigenvalue weighted by Crippen LogP contribution is -2.61. The van der Waals surface area contributed by atoms with Gasteiger partial charge in [0, 0.05) is 6.42 Å². The fraction of sp³-hybridized carbons (Fsp3) is 0.486. The van der Waals surface area contributed by atoms with E-state index < -0.39 is 42.9 Å². The van der Waals surface area contributed by atoms with Crippen molar-refractivity contribution >= 4 is 5.97 Å². The molecule has 0 amide bonds. The van der Waals surface area contributed by atoms with E-state index in [-0.39, 0.29) is 18.3 Å². The molecule has 1 saturated carbocycles. The van der Waals surface area contributed by atoms with E-state index in [1.807, 2.05) is 97.9 Å². The standard InChI is InChI=1S/C37H46O8/c1-26-33(41-23-27-13-6-3-7-14-27)35(42-24-28-15-8-4-9-16-28)36(43-25-29-17-10-5-11-18-29)37(44-26)45-34-30(19-12-20-31(34)38)21-22-32(39)40-2/h3-11,13-18,26,30-31,33-38H,12,19-25H2,1-2H3/t26-,30+,31+,33+,34+,35+,36-,37-/m0/s1. The van der Waals surface area contributed by atoms with Crippen molar-refractivity contribution in [1.29, 1.82) is 0 Å². The van der Waals surface area contributed by atoms with Crippen LogP contribution in [0.4, 0.5) is 0 Å². The molecule has 1 N–H and O–H groups in total. The molecular weight excluding hydrogens is 572 g/mol. The average molecular weight is 619 g/mol. The molecule has 8 nitrogen and oxygen atoms in total. The molecule has 1 aliphatic carbocycles. The molecule has 2 fully saturated rings. The van der Waals surface area contributed by atoms with Crippen LogP contribution in [0.2, 0.25) is 0 Å². The van der Waals surface area contributed by atoms with E-state index in [2.05, 4.69) is 0 Å². The predicted molar refractivity (Wildman–Crippen MR) is 169 cm³/mol. The molecule has 0 bridgehead atoms. The molecule has 0 aromatic heterocycles. The average Bonchev–Trinajstić information content (AvgIpc) is 3.07. The number of esters is 1. The Hall–Kier alpha value is -3.11. The van der Waals surface area contributed by atoms with Crippen LogP contribution in [-0.2, 0) is 53.0 Å². The van der Waals surface area contributed by atoms with Gasteiger partial charge in [0.05, 0.1) is 45.2 Å². The summed E-state index contributed by atoms with van der Waals surface area (Å²) in [5, 5.41) is 11.1. The first kappa shape index (κ1) is 33.3. The number of carbonyl (C=O) groups excluding carboxylic acids is 1. The topological polar surface area (TPSA) is 92.7 Å². The van der Waals surface area contributed by atoms with Gasteiger partial charge in [-0.15, -0.1) is 0 Å². The van der Waals surface area contributed by atoms with E-state index in [9.17, 15) is 9.90 Å². The zero-order chi connectivity index (χ0) is 31.4. The number of aliphatic hydroxyl groups excluding tert-OH is 1. The largest absolute Gasteiger partial charge is 0.469 e. The van der Waals surface area contributed by atoms with E-state index in [4.69, 9.17) is 28.4 Å². The van der Waals surface area contributed by atoms with Gasteiger partial charge in [0.2, 0.25) is 0 Å². The first-order valence-corrected chi connectivity index (χ1v) is 16.0. The highest BCUT2D eigenvalue weighted by atomic mass is 16.7. The van der Waals surface area contributed by atoms with Crippen molar-refractivity contribution in [3.8, 4) is 0 Å². The number of carbonyl (C=O) groups is 1. The van der Waals surface area contributed by atoms with Crippen LogP contribution in [0.3, 0.4) is 0 Å². The van der Waals surface area contributed by atoms with E-state index in [1.54, 1.807) is 0 Å². The first-order chi connectivity index (χ1) is 22.0. The van der Waals surface area contributed by atoms with Gasteiger partial charge in [-0.05, 0) is 48.8 Å². The summed E-state index contributed by atoms with van der Waals surface area (Å²) in [5.41, 5.74) is 3.08. The Morgan fingerprint density at radius 1 is 0.733 bits per heavy atom. The summed E-state index contributed by atoms with van der Waals surface area (Å²) in [5.74, 6) is -0.300. The first-order valence-electron chi connectivity index (χ1n) is 16.0. The highest BCUT2D eigenvalue weighted by Gasteiger charge is 2.49. The van der Waals surface area contributed by atoms with Gasteiger partial charge in [0.1, 0.15) is 18.3 Å². The summed E-state index contributed by atoms with van der Waals surface area (Å²) in [7, 11) is 1.39. The summed E-state index contributed by atoms with van der Waals surface area (Å²) in [4.78, 5) is 12.0. The van der Waals surface area contributed by atoms with Crippen LogP contribution in [0.15, 0.2) is 91.0 Å². The molecule has 1 saturated heterocycles. The van der Waals surface area contributed by atoms with Crippen LogP contribution in [0.5, 0.6) is 0 Å². The minimum atomic E-state index is -0.834. The van der Waals surface area contributed by atoms with Gasteiger partial charge in [-0.3, -0.25) is 4.79 Å². The molecule has 2 aliphatic rings. The van der Waals surface area contributed by atoms with Gasteiger partial charge in [-0.1, -0.05) is 97.4 Å². The highest BCUT2D eigenvalue weighted by Crippen LogP contribution is 2.36. The minimum Gasteiger partial charge on any atom is -0.469 e. The smallest absolute Gasteiger partial charge is 0.305 e. The molecule has 242 valence electrons. The Bertz CT molecular complexity index is 1270. The van der Waals surface area contributed by atoms with Gasteiger partial charge >= 0.3 is 5.97 Å². The van der Waals surface area contributed by atoms with Crippen molar-refractivity contribution in [2.45, 2.75) is 102 Å². The summed E-state index contributed by atoms with van der Waals surface area (Å²) >= 11 is 0. The van der Waals surface area contributed by atoms with Crippen molar-refractivity contribution in [3.63, 3.8) is 0 Å². The fourth-order valence-corrected chi connectivity index (χ4v) is 6.28. The summed E-state index contributed by atoms with van der Waals surface area (Å²) in [6, 6.07) is 30.0. The number of aliphatic hydroxyl groups is 1. The molecule has 0 unspecified atom stereocenters. The fourth-order valence-electron chi connectivity index (χ4n) is 6.28. The van der Waals surface area contributed by atoms with E-state index >= 15 is 0 Å². The molecule has 5 rings (SSSR count). The van der Waals surface area contributed by atoms with Crippen LogP contribution in [0, 0.1) is 5.92 Å². The summed E-state index contributed by atoms with van der Waals surface area (Å²) in [6.45, 7) is 3.02. The van der Waals surface area contributed by atoms with Gasteiger partial charge in [-0.2, -0.15) is 0 Å². The van der Waals surface area contributed by atoms with Gasteiger partial charge < -0.3 is 33.5 Å². The van der Waals surface area contributed by atoms with Crippen molar-refractivity contribution in [2.24, 2.45) is 5.92 Å². The second kappa shape index (κ2) is 17.0. The Morgan fingerprint density at radius 3 is 1.78 bits per heavy atom. The lowest BCUT2D eigenvalue weighted by Gasteiger charge is -2.47. The van der Waals surface area contributed by atoms with E-state index in [1.165, 1.54) is 7.11 Å². The molecule has 1 aliphatic heterocycles. The molecular formula is C37H46O8. The third kappa shape index (κ3) is 9.45. The van der Waals surface area contributed by atoms with Gasteiger partial charge in [0.25, 0.3) is 0 Å². The van der Waals surface area contributed by atoms with Crippen LogP contribution in [0.1, 0.15) is 55.7 Å². The minimum absolute atomic E-state index is 0.0303. The van der Waals surface area contributed by atoms with Crippen LogP contribution in [-0.4, -0.2) is 61.1 Å². The third-order valence-electron chi connectivity index (χ3n) is 8.74. The van der Waals surface area contributed by atoms with Crippen LogP contribution >= 0.6 is 0 Å². The van der Waals surface area contributed by atoms with Crippen molar-refractivity contribution in [1.82, 2.24) is 0 Å². The number of hydrogen-bond acceptors (Lipinski definition) is 8. The van der Waals surface area contributed by atoms with Crippen molar-refractivity contribution in [2.75, 3.05) is 7.11 Å². The maximum absolute atomic E-state index is 12.0. The number of methoxy groups -OCH3 is 1. The lowest BCUT2D eigenvalue weighted by molar-refractivity contribution is -0.338. The SMILES string of the molecule is COC(=O)CC[C@H]1CCC[C@@H](O)[C@@H]1O[C@@H]1O[C@@H](C)[C@@H](OCc2ccccc2)[C@@H](OCc2ccccc2)[C@@H]1OCc1ccccc1. The molecule has 0 spiro atoms. The highest BCUT2D eigenvalue weighted by molar-refractivity contribution is 5.69. The molecule has 8 atom stereocenters. The number of rotatable bonds is 14. The maximum atomic E-state index is 12.0. The van der Waals surface area contributed by atoms with Crippen LogP contribution in [0.25, 0.3) is 0 Å².